The number of aryl methyl sites for hydroxylation is 2. The molecule has 14 heavy (non-hydrogen) atoms. The van der Waals surface area contributed by atoms with Crippen molar-refractivity contribution >= 4 is 5.69 Å². The van der Waals surface area contributed by atoms with Gasteiger partial charge >= 0.3 is 0 Å². The van der Waals surface area contributed by atoms with Gasteiger partial charge < -0.3 is 10.1 Å². The van der Waals surface area contributed by atoms with Crippen molar-refractivity contribution < 1.29 is 4.74 Å². The van der Waals surface area contributed by atoms with Crippen LogP contribution in [0.25, 0.3) is 0 Å². The molecule has 1 heterocycles. The topological polar surface area (TPSA) is 34.1 Å². The Morgan fingerprint density at radius 3 is 2.71 bits per heavy atom. The number of nitrogens with one attached hydrogen (secondary N) is 1. The minimum Gasteiger partial charge on any atom is -0.383 e. The molecule has 78 valence electrons. The van der Waals surface area contributed by atoms with Crippen LogP contribution >= 0.6 is 0 Å². The molecule has 0 aromatic carbocycles. The van der Waals surface area contributed by atoms with E-state index in [9.17, 15) is 0 Å². The van der Waals surface area contributed by atoms with Gasteiger partial charge in [0, 0.05) is 18.8 Å². The van der Waals surface area contributed by atoms with Crippen LogP contribution in [-0.4, -0.2) is 24.7 Å². The SMILES string of the molecule is COCC(C)Nc1ccc(C)nc1C. The number of ether oxygens (including phenoxy) is 1. The third-order valence-corrected chi connectivity index (χ3v) is 2.04. The second-order valence-electron chi connectivity index (χ2n) is 3.59. The molecule has 0 aliphatic carbocycles. The first-order valence-electron chi connectivity index (χ1n) is 4.83. The van der Waals surface area contributed by atoms with Crippen molar-refractivity contribution in [1.29, 1.82) is 0 Å². The Morgan fingerprint density at radius 2 is 2.14 bits per heavy atom. The molecule has 0 bridgehead atoms. The highest BCUT2D eigenvalue weighted by Gasteiger charge is 2.04. The first-order chi connectivity index (χ1) is 6.63. The summed E-state index contributed by atoms with van der Waals surface area (Å²) in [5, 5.41) is 3.35. The Bertz CT molecular complexity index is 299. The molecular formula is C11H18N2O. The van der Waals surface area contributed by atoms with Crippen LogP contribution in [-0.2, 0) is 4.74 Å². The van der Waals surface area contributed by atoms with Crippen LogP contribution in [0.2, 0.25) is 0 Å². The van der Waals surface area contributed by atoms with E-state index in [1.807, 2.05) is 19.9 Å². The molecule has 1 N–H and O–H groups in total. The molecule has 1 unspecified atom stereocenters. The minimum absolute atomic E-state index is 0.309. The number of anilines is 1. The molecule has 1 aromatic rings. The van der Waals surface area contributed by atoms with Crippen molar-refractivity contribution in [3.05, 3.63) is 23.5 Å². The number of aromatic nitrogens is 1. The largest absolute Gasteiger partial charge is 0.383 e. The molecule has 1 rings (SSSR count). The van der Waals surface area contributed by atoms with E-state index in [0.717, 1.165) is 17.1 Å². The van der Waals surface area contributed by atoms with Gasteiger partial charge in [-0.2, -0.15) is 0 Å². The molecule has 1 atom stereocenters. The lowest BCUT2D eigenvalue weighted by Gasteiger charge is -2.15. The van der Waals surface area contributed by atoms with Gasteiger partial charge in [0.1, 0.15) is 0 Å². The zero-order chi connectivity index (χ0) is 10.6. The van der Waals surface area contributed by atoms with Gasteiger partial charge in [-0.15, -0.1) is 0 Å². The second-order valence-corrected chi connectivity index (χ2v) is 3.59. The van der Waals surface area contributed by atoms with E-state index in [2.05, 4.69) is 23.3 Å². The summed E-state index contributed by atoms with van der Waals surface area (Å²) >= 11 is 0. The predicted octanol–water partition coefficient (Wildman–Crippen LogP) is 2.15. The lowest BCUT2D eigenvalue weighted by atomic mass is 10.2. The summed E-state index contributed by atoms with van der Waals surface area (Å²) in [6.07, 6.45) is 0. The average Bonchev–Trinajstić information content (AvgIpc) is 2.10. The number of nitrogens with zero attached hydrogens (tertiary/aromatic N) is 1. The Morgan fingerprint density at radius 1 is 1.43 bits per heavy atom. The Kier molecular flexibility index (Phi) is 3.89. The van der Waals surface area contributed by atoms with Crippen molar-refractivity contribution in [3.63, 3.8) is 0 Å². The van der Waals surface area contributed by atoms with Gasteiger partial charge in [-0.05, 0) is 32.9 Å². The molecular weight excluding hydrogens is 176 g/mol. The summed E-state index contributed by atoms with van der Waals surface area (Å²) in [7, 11) is 1.71. The summed E-state index contributed by atoms with van der Waals surface area (Å²) in [5.41, 5.74) is 3.17. The number of hydrogen-bond donors (Lipinski definition) is 1. The Labute approximate surface area is 85.5 Å². The maximum Gasteiger partial charge on any atom is 0.0661 e. The monoisotopic (exact) mass is 194 g/mol. The minimum atomic E-state index is 0.309. The van der Waals surface area contributed by atoms with E-state index in [1.54, 1.807) is 7.11 Å². The first kappa shape index (κ1) is 11.0. The van der Waals surface area contributed by atoms with E-state index >= 15 is 0 Å². The fourth-order valence-corrected chi connectivity index (χ4v) is 1.40. The van der Waals surface area contributed by atoms with E-state index in [0.29, 0.717) is 12.6 Å². The van der Waals surface area contributed by atoms with Crippen molar-refractivity contribution in [2.45, 2.75) is 26.8 Å². The Hall–Kier alpha value is -1.09. The van der Waals surface area contributed by atoms with Crippen LogP contribution in [0.15, 0.2) is 12.1 Å². The number of hydrogen-bond acceptors (Lipinski definition) is 3. The van der Waals surface area contributed by atoms with Gasteiger partial charge in [-0.25, -0.2) is 0 Å². The van der Waals surface area contributed by atoms with Crippen LogP contribution < -0.4 is 5.32 Å². The fourth-order valence-electron chi connectivity index (χ4n) is 1.40. The summed E-state index contributed by atoms with van der Waals surface area (Å²) in [5.74, 6) is 0. The molecule has 0 spiro atoms. The maximum atomic E-state index is 5.06. The summed E-state index contributed by atoms with van der Waals surface area (Å²) in [4.78, 5) is 4.38. The van der Waals surface area contributed by atoms with Gasteiger partial charge in [-0.3, -0.25) is 4.98 Å². The van der Waals surface area contributed by atoms with Gasteiger partial charge in [0.25, 0.3) is 0 Å². The highest BCUT2D eigenvalue weighted by atomic mass is 16.5. The van der Waals surface area contributed by atoms with E-state index in [4.69, 9.17) is 4.74 Å². The smallest absolute Gasteiger partial charge is 0.0661 e. The quantitative estimate of drug-likeness (QED) is 0.797. The van der Waals surface area contributed by atoms with Crippen molar-refractivity contribution in [3.8, 4) is 0 Å². The van der Waals surface area contributed by atoms with Crippen LogP contribution in [0.3, 0.4) is 0 Å². The summed E-state index contributed by atoms with van der Waals surface area (Å²) in [6, 6.07) is 4.38. The predicted molar refractivity (Wildman–Crippen MR) is 58.7 cm³/mol. The van der Waals surface area contributed by atoms with Crippen LogP contribution in [0.4, 0.5) is 5.69 Å². The normalized spacial score (nSPS) is 12.6. The van der Waals surface area contributed by atoms with E-state index in [-0.39, 0.29) is 0 Å². The highest BCUT2D eigenvalue weighted by molar-refractivity contribution is 5.48. The Balaban J connectivity index is 2.67. The molecule has 0 amide bonds. The molecule has 0 fully saturated rings. The molecule has 3 nitrogen and oxygen atoms in total. The first-order valence-corrected chi connectivity index (χ1v) is 4.83. The average molecular weight is 194 g/mol. The highest BCUT2D eigenvalue weighted by Crippen LogP contribution is 2.13. The molecule has 0 saturated carbocycles. The molecule has 3 heteroatoms. The molecule has 0 radical (unpaired) electrons. The summed E-state index contributed by atoms with van der Waals surface area (Å²) in [6.45, 7) is 6.79. The zero-order valence-corrected chi connectivity index (χ0v) is 9.29. The van der Waals surface area contributed by atoms with Crippen LogP contribution in [0.1, 0.15) is 18.3 Å². The van der Waals surface area contributed by atoms with Crippen molar-refractivity contribution in [1.82, 2.24) is 4.98 Å². The maximum absolute atomic E-state index is 5.06. The van der Waals surface area contributed by atoms with Gasteiger partial charge in [0.05, 0.1) is 18.0 Å². The number of pyridine rings is 1. The summed E-state index contributed by atoms with van der Waals surface area (Å²) < 4.78 is 5.06. The standard InChI is InChI=1S/C11H18N2O/c1-8-5-6-11(10(3)12-8)13-9(2)7-14-4/h5-6,9,13H,7H2,1-4H3. The van der Waals surface area contributed by atoms with Crippen molar-refractivity contribution in [2.75, 3.05) is 19.0 Å². The van der Waals surface area contributed by atoms with Gasteiger partial charge in [0.15, 0.2) is 0 Å². The third kappa shape index (κ3) is 3.00. The fraction of sp³-hybridized carbons (Fsp3) is 0.545. The molecule has 0 aliphatic rings. The molecule has 0 aliphatic heterocycles. The van der Waals surface area contributed by atoms with Crippen LogP contribution in [0.5, 0.6) is 0 Å². The molecule has 1 aromatic heterocycles. The van der Waals surface area contributed by atoms with Crippen LogP contribution in [0, 0.1) is 13.8 Å². The lowest BCUT2D eigenvalue weighted by Crippen LogP contribution is -2.21. The zero-order valence-electron chi connectivity index (χ0n) is 9.29. The second kappa shape index (κ2) is 4.96. The van der Waals surface area contributed by atoms with Gasteiger partial charge in [0.2, 0.25) is 0 Å². The lowest BCUT2D eigenvalue weighted by molar-refractivity contribution is 0.190. The number of methoxy groups -OCH3 is 1. The van der Waals surface area contributed by atoms with E-state index in [1.165, 1.54) is 0 Å². The van der Waals surface area contributed by atoms with Crippen molar-refractivity contribution in [2.24, 2.45) is 0 Å². The number of rotatable bonds is 4. The molecule has 0 saturated heterocycles. The third-order valence-electron chi connectivity index (χ3n) is 2.04. The van der Waals surface area contributed by atoms with E-state index < -0.39 is 0 Å². The van der Waals surface area contributed by atoms with Gasteiger partial charge in [-0.1, -0.05) is 0 Å².